The third kappa shape index (κ3) is 8.42. The summed E-state index contributed by atoms with van der Waals surface area (Å²) in [7, 11) is 0. The number of nitrogens with one attached hydrogen (secondary N) is 1. The molecule has 30 heavy (non-hydrogen) atoms. The molecule has 1 aliphatic carbocycles. The molecule has 4 N–H and O–H groups in total. The topological polar surface area (TPSA) is 89.8 Å². The van der Waals surface area contributed by atoms with Crippen LogP contribution in [0.2, 0.25) is 0 Å². The van der Waals surface area contributed by atoms with Crippen LogP contribution in [0.3, 0.4) is 0 Å². The van der Waals surface area contributed by atoms with Crippen molar-refractivity contribution < 1.29 is 20.1 Å². The van der Waals surface area contributed by atoms with Crippen molar-refractivity contribution in [1.82, 2.24) is 5.32 Å². The number of benzene rings is 1. The minimum atomic E-state index is -0.589. The van der Waals surface area contributed by atoms with Gasteiger partial charge in [0, 0.05) is 25.3 Å². The first-order valence-electron chi connectivity index (χ1n) is 11.2. The number of unbranched alkanes of at least 4 members (excludes halogenated alkanes) is 1. The SMILES string of the molecule is CCNC(=O)CCC/C=C/C[C@H]1[C@H](C=C[C@H](O)CCc2ccccc2)[C@H](O)C[C@@H]1O. The first-order chi connectivity index (χ1) is 14.5. The number of aryl methyl sites for hydroxylation is 1. The van der Waals surface area contributed by atoms with Crippen molar-refractivity contribution in [3.05, 3.63) is 60.2 Å². The number of amides is 1. The first kappa shape index (κ1) is 24.3. The first-order valence-corrected chi connectivity index (χ1v) is 11.2. The fourth-order valence-electron chi connectivity index (χ4n) is 4.06. The molecule has 1 aromatic rings. The van der Waals surface area contributed by atoms with Crippen LogP contribution in [0.15, 0.2) is 54.6 Å². The van der Waals surface area contributed by atoms with Gasteiger partial charge in [0.25, 0.3) is 0 Å². The largest absolute Gasteiger partial charge is 0.393 e. The molecule has 2 rings (SSSR count). The highest BCUT2D eigenvalue weighted by molar-refractivity contribution is 5.75. The minimum Gasteiger partial charge on any atom is -0.393 e. The van der Waals surface area contributed by atoms with E-state index in [-0.39, 0.29) is 17.7 Å². The van der Waals surface area contributed by atoms with Crippen molar-refractivity contribution in [2.24, 2.45) is 11.8 Å². The zero-order valence-electron chi connectivity index (χ0n) is 18.0. The molecule has 0 aromatic heterocycles. The highest BCUT2D eigenvalue weighted by Crippen LogP contribution is 2.36. The molecule has 1 aliphatic rings. The number of carbonyl (C=O) groups is 1. The van der Waals surface area contributed by atoms with Crippen LogP contribution in [0.5, 0.6) is 0 Å². The molecule has 166 valence electrons. The molecule has 5 atom stereocenters. The lowest BCUT2D eigenvalue weighted by Gasteiger charge is -2.19. The number of aliphatic hydroxyl groups excluding tert-OH is 3. The molecule has 1 fully saturated rings. The van der Waals surface area contributed by atoms with Gasteiger partial charge in [-0.25, -0.2) is 0 Å². The van der Waals surface area contributed by atoms with Crippen molar-refractivity contribution in [2.75, 3.05) is 6.54 Å². The fraction of sp³-hybridized carbons (Fsp3) is 0.560. The summed E-state index contributed by atoms with van der Waals surface area (Å²) in [6.45, 7) is 2.57. The Kier molecular flexibility index (Phi) is 10.8. The third-order valence-electron chi connectivity index (χ3n) is 5.77. The molecule has 5 nitrogen and oxygen atoms in total. The van der Waals surface area contributed by atoms with E-state index in [0.717, 1.165) is 19.3 Å². The van der Waals surface area contributed by atoms with E-state index in [1.54, 1.807) is 6.08 Å². The highest BCUT2D eigenvalue weighted by atomic mass is 16.3. The van der Waals surface area contributed by atoms with E-state index in [1.165, 1.54) is 5.56 Å². The summed E-state index contributed by atoms with van der Waals surface area (Å²) in [5.74, 6) is -0.139. The summed E-state index contributed by atoms with van der Waals surface area (Å²) in [5, 5.41) is 33.8. The summed E-state index contributed by atoms with van der Waals surface area (Å²) in [6, 6.07) is 10.1. The van der Waals surface area contributed by atoms with Crippen LogP contribution >= 0.6 is 0 Å². The second kappa shape index (κ2) is 13.4. The van der Waals surface area contributed by atoms with Crippen LogP contribution in [-0.4, -0.2) is 46.1 Å². The van der Waals surface area contributed by atoms with Crippen molar-refractivity contribution in [1.29, 1.82) is 0 Å². The maximum absolute atomic E-state index is 11.4. The molecule has 1 saturated carbocycles. The molecule has 0 heterocycles. The molecular formula is C25H37NO4. The quantitative estimate of drug-likeness (QED) is 0.312. The van der Waals surface area contributed by atoms with E-state index in [9.17, 15) is 20.1 Å². The van der Waals surface area contributed by atoms with Gasteiger partial charge in [-0.15, -0.1) is 0 Å². The van der Waals surface area contributed by atoms with Gasteiger partial charge >= 0.3 is 0 Å². The lowest BCUT2D eigenvalue weighted by atomic mass is 9.89. The van der Waals surface area contributed by atoms with Crippen molar-refractivity contribution in [3.8, 4) is 0 Å². The number of rotatable bonds is 12. The Labute approximate surface area is 180 Å². The van der Waals surface area contributed by atoms with Crippen molar-refractivity contribution in [3.63, 3.8) is 0 Å². The van der Waals surface area contributed by atoms with Crippen LogP contribution in [0.4, 0.5) is 0 Å². The van der Waals surface area contributed by atoms with E-state index < -0.39 is 18.3 Å². The Morgan fingerprint density at radius 1 is 1.20 bits per heavy atom. The van der Waals surface area contributed by atoms with Crippen molar-refractivity contribution >= 4 is 5.91 Å². The monoisotopic (exact) mass is 415 g/mol. The predicted molar refractivity (Wildman–Crippen MR) is 120 cm³/mol. The van der Waals surface area contributed by atoms with Crippen LogP contribution in [0.1, 0.15) is 51.0 Å². The van der Waals surface area contributed by atoms with E-state index in [0.29, 0.717) is 32.2 Å². The van der Waals surface area contributed by atoms with Crippen LogP contribution in [-0.2, 0) is 11.2 Å². The molecule has 1 amide bonds. The Balaban J connectivity index is 1.78. The summed E-state index contributed by atoms with van der Waals surface area (Å²) < 4.78 is 0. The lowest BCUT2D eigenvalue weighted by molar-refractivity contribution is -0.121. The molecule has 5 heteroatoms. The minimum absolute atomic E-state index is 0.0581. The Bertz CT molecular complexity index is 673. The van der Waals surface area contributed by atoms with E-state index >= 15 is 0 Å². The van der Waals surface area contributed by atoms with Gasteiger partial charge in [-0.2, -0.15) is 0 Å². The van der Waals surface area contributed by atoms with E-state index in [1.807, 2.05) is 55.5 Å². The van der Waals surface area contributed by atoms with Crippen LogP contribution in [0, 0.1) is 11.8 Å². The molecule has 0 radical (unpaired) electrons. The number of aliphatic hydroxyl groups is 3. The zero-order valence-corrected chi connectivity index (χ0v) is 18.0. The van der Waals surface area contributed by atoms with Crippen LogP contribution < -0.4 is 5.32 Å². The zero-order chi connectivity index (χ0) is 21.8. The second-order valence-electron chi connectivity index (χ2n) is 8.14. The van der Waals surface area contributed by atoms with E-state index in [2.05, 4.69) is 5.32 Å². The van der Waals surface area contributed by atoms with Gasteiger partial charge in [-0.05, 0) is 50.5 Å². The third-order valence-corrected chi connectivity index (χ3v) is 5.77. The Morgan fingerprint density at radius 3 is 2.70 bits per heavy atom. The standard InChI is InChI=1S/C25H37NO4/c1-2-26-25(30)13-9-4-3-8-12-21-22(24(29)18-23(21)28)17-16-20(27)15-14-19-10-6-5-7-11-19/h3,5-8,10-11,16-17,20-24,27-29H,2,4,9,12-15,18H2,1H3,(H,26,30)/b8-3+,17-16?/t20-,21+,22+,23+,24-/m1/s1. The number of carbonyl (C=O) groups excluding carboxylic acids is 1. The fourth-order valence-corrected chi connectivity index (χ4v) is 4.06. The average molecular weight is 416 g/mol. The summed E-state index contributed by atoms with van der Waals surface area (Å²) in [6.07, 6.45) is 10.6. The molecule has 0 spiro atoms. The number of hydrogen-bond donors (Lipinski definition) is 4. The highest BCUT2D eigenvalue weighted by Gasteiger charge is 2.39. The van der Waals surface area contributed by atoms with Gasteiger partial charge < -0.3 is 20.6 Å². The van der Waals surface area contributed by atoms with Gasteiger partial charge in [-0.3, -0.25) is 4.79 Å². The van der Waals surface area contributed by atoms with Gasteiger partial charge in [0.05, 0.1) is 18.3 Å². The molecule has 0 aliphatic heterocycles. The average Bonchev–Trinajstić information content (AvgIpc) is 3.00. The normalized spacial score (nSPS) is 25.2. The van der Waals surface area contributed by atoms with Gasteiger partial charge in [0.1, 0.15) is 0 Å². The molecule has 0 bridgehead atoms. The predicted octanol–water partition coefficient (Wildman–Crippen LogP) is 3.15. The Hall–Kier alpha value is -1.95. The van der Waals surface area contributed by atoms with Gasteiger partial charge in [-0.1, -0.05) is 54.6 Å². The number of allylic oxidation sites excluding steroid dienone is 2. The molecule has 0 saturated heterocycles. The number of hydrogen-bond acceptors (Lipinski definition) is 4. The Morgan fingerprint density at radius 2 is 1.97 bits per heavy atom. The summed E-state index contributed by atoms with van der Waals surface area (Å²) in [5.41, 5.74) is 1.19. The summed E-state index contributed by atoms with van der Waals surface area (Å²) in [4.78, 5) is 11.4. The van der Waals surface area contributed by atoms with Crippen molar-refractivity contribution in [2.45, 2.75) is 70.2 Å². The smallest absolute Gasteiger partial charge is 0.219 e. The maximum atomic E-state index is 11.4. The molecular weight excluding hydrogens is 378 g/mol. The second-order valence-corrected chi connectivity index (χ2v) is 8.14. The molecule has 0 unspecified atom stereocenters. The van der Waals surface area contributed by atoms with Gasteiger partial charge in [0.2, 0.25) is 5.91 Å². The molecule has 1 aromatic carbocycles. The lowest BCUT2D eigenvalue weighted by Crippen LogP contribution is -2.21. The maximum Gasteiger partial charge on any atom is 0.219 e. The van der Waals surface area contributed by atoms with Gasteiger partial charge in [0.15, 0.2) is 0 Å². The summed E-state index contributed by atoms with van der Waals surface area (Å²) >= 11 is 0. The van der Waals surface area contributed by atoms with Crippen LogP contribution in [0.25, 0.3) is 0 Å². The van der Waals surface area contributed by atoms with E-state index in [4.69, 9.17) is 0 Å².